The molecule has 2 rings (SSSR count). The van der Waals surface area contributed by atoms with Gasteiger partial charge in [0.2, 0.25) is 0 Å². The van der Waals surface area contributed by atoms with Crippen molar-refractivity contribution in [3.05, 3.63) is 55.0 Å². The van der Waals surface area contributed by atoms with Gasteiger partial charge in [-0.1, -0.05) is 0 Å². The maximum Gasteiger partial charge on any atom is 0.269 e. The van der Waals surface area contributed by atoms with Gasteiger partial charge in [-0.05, 0) is 50.1 Å². The average molecular weight is 445 g/mol. The normalized spacial score (nSPS) is 10.7. The smallest absolute Gasteiger partial charge is 0.269 e. The van der Waals surface area contributed by atoms with Gasteiger partial charge < -0.3 is 9.84 Å². The van der Waals surface area contributed by atoms with Crippen molar-refractivity contribution in [2.75, 3.05) is 12.5 Å². The van der Waals surface area contributed by atoms with Crippen LogP contribution < -0.4 is 10.2 Å². The van der Waals surface area contributed by atoms with Crippen molar-refractivity contribution >= 4 is 49.4 Å². The molecule has 0 aromatic heterocycles. The molecule has 0 aliphatic carbocycles. The Balaban J connectivity index is 2.17. The highest BCUT2D eigenvalue weighted by molar-refractivity contribution is 9.13. The fourth-order valence-corrected chi connectivity index (χ4v) is 2.52. The lowest BCUT2D eigenvalue weighted by Gasteiger charge is -2.09. The molecule has 0 fully saturated rings. The number of aromatic hydroxyl groups is 1. The zero-order valence-corrected chi connectivity index (χ0v) is 15.0. The minimum Gasteiger partial charge on any atom is -0.503 e. The molecule has 0 amide bonds. The number of hydrogen-bond donors (Lipinski definition) is 2. The summed E-state index contributed by atoms with van der Waals surface area (Å²) in [7, 11) is 1.45. The van der Waals surface area contributed by atoms with E-state index in [-0.39, 0.29) is 11.4 Å². The molecule has 0 aliphatic rings. The maximum absolute atomic E-state index is 10.6. The second kappa shape index (κ2) is 7.42. The molecule has 0 spiro atoms. The molecule has 0 bridgehead atoms. The van der Waals surface area contributed by atoms with E-state index in [2.05, 4.69) is 42.4 Å². The number of nitro benzene ring substituents is 1. The first kappa shape index (κ1) is 17.2. The van der Waals surface area contributed by atoms with Gasteiger partial charge in [-0.3, -0.25) is 15.5 Å². The molecule has 0 saturated carbocycles. The van der Waals surface area contributed by atoms with Crippen LogP contribution in [-0.4, -0.2) is 23.4 Å². The summed E-state index contributed by atoms with van der Waals surface area (Å²) in [6, 6.07) is 7.49. The Morgan fingerprint density at radius 1 is 1.30 bits per heavy atom. The third-order valence-electron chi connectivity index (χ3n) is 2.87. The van der Waals surface area contributed by atoms with Crippen molar-refractivity contribution in [1.82, 2.24) is 0 Å². The van der Waals surface area contributed by atoms with Crippen molar-refractivity contribution in [1.29, 1.82) is 0 Å². The lowest BCUT2D eigenvalue weighted by molar-refractivity contribution is -0.384. The molecule has 2 aromatic rings. The van der Waals surface area contributed by atoms with Gasteiger partial charge in [0.25, 0.3) is 5.69 Å². The van der Waals surface area contributed by atoms with Crippen LogP contribution in [0.5, 0.6) is 11.5 Å². The summed E-state index contributed by atoms with van der Waals surface area (Å²) in [4.78, 5) is 10.1. The fourth-order valence-electron chi connectivity index (χ4n) is 1.70. The highest BCUT2D eigenvalue weighted by Gasteiger charge is 2.13. The van der Waals surface area contributed by atoms with Crippen molar-refractivity contribution in [3.8, 4) is 11.5 Å². The number of phenols is 1. The average Bonchev–Trinajstić information content (AvgIpc) is 2.55. The minimum absolute atomic E-state index is 0.00877. The lowest BCUT2D eigenvalue weighted by atomic mass is 10.2. The van der Waals surface area contributed by atoms with Crippen LogP contribution in [0.2, 0.25) is 0 Å². The molecular weight excluding hydrogens is 434 g/mol. The van der Waals surface area contributed by atoms with Crippen molar-refractivity contribution in [3.63, 3.8) is 0 Å². The molecule has 2 aromatic carbocycles. The van der Waals surface area contributed by atoms with E-state index in [1.165, 1.54) is 25.5 Å². The van der Waals surface area contributed by atoms with E-state index in [9.17, 15) is 15.2 Å². The summed E-state index contributed by atoms with van der Waals surface area (Å²) in [6.07, 6.45) is 1.53. The number of hydrazone groups is 1. The van der Waals surface area contributed by atoms with Gasteiger partial charge in [-0.2, -0.15) is 5.10 Å². The second-order valence-corrected chi connectivity index (χ2v) is 5.90. The number of ether oxygens (including phenoxy) is 1. The quantitative estimate of drug-likeness (QED) is 0.407. The van der Waals surface area contributed by atoms with Gasteiger partial charge in [-0.15, -0.1) is 0 Å². The molecule has 120 valence electrons. The number of halogens is 2. The van der Waals surface area contributed by atoms with E-state index < -0.39 is 4.92 Å². The maximum atomic E-state index is 10.6. The number of nitro groups is 1. The molecular formula is C14H11Br2N3O4. The van der Waals surface area contributed by atoms with Crippen LogP contribution in [0.4, 0.5) is 11.4 Å². The zero-order valence-electron chi connectivity index (χ0n) is 11.8. The summed E-state index contributed by atoms with van der Waals surface area (Å²) in [5, 5.41) is 24.5. The van der Waals surface area contributed by atoms with Gasteiger partial charge in [-0.25, -0.2) is 0 Å². The zero-order chi connectivity index (χ0) is 17.0. The van der Waals surface area contributed by atoms with E-state index in [0.29, 0.717) is 25.9 Å². The van der Waals surface area contributed by atoms with Gasteiger partial charge in [0, 0.05) is 22.2 Å². The summed E-state index contributed by atoms with van der Waals surface area (Å²) in [5.41, 5.74) is 4.05. The number of nitrogens with one attached hydrogen (secondary N) is 1. The largest absolute Gasteiger partial charge is 0.503 e. The third-order valence-corrected chi connectivity index (χ3v) is 5.03. The van der Waals surface area contributed by atoms with E-state index in [0.717, 1.165) is 0 Å². The Hall–Kier alpha value is -2.13. The summed E-state index contributed by atoms with van der Waals surface area (Å²) < 4.78 is 6.14. The van der Waals surface area contributed by atoms with Gasteiger partial charge >= 0.3 is 0 Å². The number of nitrogens with zero attached hydrogens (tertiary/aromatic N) is 2. The second-order valence-electron chi connectivity index (χ2n) is 4.32. The highest BCUT2D eigenvalue weighted by atomic mass is 79.9. The molecule has 0 atom stereocenters. The third kappa shape index (κ3) is 3.99. The summed E-state index contributed by atoms with van der Waals surface area (Å²) in [6.45, 7) is 0. The van der Waals surface area contributed by atoms with Crippen LogP contribution in [0.15, 0.2) is 44.4 Å². The standard InChI is InChI=1S/C14H11Br2N3O4/c1-23-11-6-8(12(15)13(16)14(11)20)7-17-18-9-2-4-10(5-3-9)19(21)22/h2-7,18,20H,1H3. The van der Waals surface area contributed by atoms with Gasteiger partial charge in [0.15, 0.2) is 11.5 Å². The molecule has 0 heterocycles. The Morgan fingerprint density at radius 2 is 1.96 bits per heavy atom. The topological polar surface area (TPSA) is 97.0 Å². The number of benzene rings is 2. The van der Waals surface area contributed by atoms with Gasteiger partial charge in [0.05, 0.1) is 28.4 Å². The predicted octanol–water partition coefficient (Wildman–Crippen LogP) is 4.28. The molecule has 23 heavy (non-hydrogen) atoms. The monoisotopic (exact) mass is 443 g/mol. The van der Waals surface area contributed by atoms with Crippen molar-refractivity contribution < 1.29 is 14.8 Å². The van der Waals surface area contributed by atoms with Crippen LogP contribution in [-0.2, 0) is 0 Å². The molecule has 9 heteroatoms. The lowest BCUT2D eigenvalue weighted by Crippen LogP contribution is -1.94. The van der Waals surface area contributed by atoms with Crippen LogP contribution in [0, 0.1) is 10.1 Å². The van der Waals surface area contributed by atoms with E-state index in [1.54, 1.807) is 18.2 Å². The number of anilines is 1. The van der Waals surface area contributed by atoms with Gasteiger partial charge in [0.1, 0.15) is 0 Å². The highest BCUT2D eigenvalue weighted by Crippen LogP contribution is 2.41. The molecule has 0 unspecified atom stereocenters. The predicted molar refractivity (Wildman–Crippen MR) is 94.4 cm³/mol. The Kier molecular flexibility index (Phi) is 5.56. The number of phenolic OH excluding ortho intramolecular Hbond substituents is 1. The summed E-state index contributed by atoms with van der Waals surface area (Å²) in [5.74, 6) is 0.289. The Bertz CT molecular complexity index is 764. The Morgan fingerprint density at radius 3 is 2.52 bits per heavy atom. The van der Waals surface area contributed by atoms with Crippen LogP contribution in [0.1, 0.15) is 5.56 Å². The fraction of sp³-hybridized carbons (Fsp3) is 0.0714. The number of non-ortho nitro benzene ring substituents is 1. The van der Waals surface area contributed by atoms with E-state index in [1.807, 2.05) is 0 Å². The van der Waals surface area contributed by atoms with Crippen molar-refractivity contribution in [2.24, 2.45) is 5.10 Å². The number of methoxy groups -OCH3 is 1. The number of rotatable bonds is 5. The Labute approximate surface area is 148 Å². The number of hydrogen-bond acceptors (Lipinski definition) is 6. The minimum atomic E-state index is -0.468. The molecule has 0 radical (unpaired) electrons. The van der Waals surface area contributed by atoms with Crippen molar-refractivity contribution in [2.45, 2.75) is 0 Å². The molecule has 0 saturated heterocycles. The first-order chi connectivity index (χ1) is 10.9. The summed E-state index contributed by atoms with van der Waals surface area (Å²) >= 11 is 6.61. The first-order valence-electron chi connectivity index (χ1n) is 6.22. The SMILES string of the molecule is COc1cc(C=NNc2ccc([N+](=O)[O-])cc2)c(Br)c(Br)c1O. The first-order valence-corrected chi connectivity index (χ1v) is 7.81. The molecule has 7 nitrogen and oxygen atoms in total. The van der Waals surface area contributed by atoms with Crippen LogP contribution >= 0.6 is 31.9 Å². The van der Waals surface area contributed by atoms with Crippen LogP contribution in [0.3, 0.4) is 0 Å². The van der Waals surface area contributed by atoms with E-state index in [4.69, 9.17) is 4.74 Å². The molecule has 2 N–H and O–H groups in total. The van der Waals surface area contributed by atoms with Crippen LogP contribution in [0.25, 0.3) is 0 Å². The molecule has 0 aliphatic heterocycles. The van der Waals surface area contributed by atoms with E-state index >= 15 is 0 Å².